The highest BCUT2D eigenvalue weighted by Gasteiger charge is 2.18. The number of hydrogen-bond acceptors (Lipinski definition) is 2. The van der Waals surface area contributed by atoms with E-state index in [1.165, 1.54) is 37.5 Å². The minimum atomic E-state index is -0.490. The molecule has 0 heterocycles. The van der Waals surface area contributed by atoms with E-state index in [-0.39, 0.29) is 11.6 Å². The molecule has 1 aromatic carbocycles. The average molecular weight is 222 g/mol. The summed E-state index contributed by atoms with van der Waals surface area (Å²) in [5.74, 6) is -0.0594. The second-order valence-electron chi connectivity index (χ2n) is 4.24. The molecule has 3 N–H and O–H groups in total. The molecule has 86 valence electrons. The normalized spacial score (nSPS) is 15.6. The van der Waals surface area contributed by atoms with Gasteiger partial charge < -0.3 is 11.1 Å². The lowest BCUT2D eigenvalue weighted by atomic mass is 9.85. The van der Waals surface area contributed by atoms with E-state index in [2.05, 4.69) is 5.32 Å². The van der Waals surface area contributed by atoms with Crippen molar-refractivity contribution >= 4 is 11.6 Å². The largest absolute Gasteiger partial charge is 0.396 e. The van der Waals surface area contributed by atoms with Crippen molar-refractivity contribution in [1.82, 2.24) is 5.32 Å². The molecule has 0 saturated heterocycles. The summed E-state index contributed by atoms with van der Waals surface area (Å²) in [4.78, 5) is 11.7. The quantitative estimate of drug-likeness (QED) is 0.768. The number of nitrogens with two attached hydrogens (primary N) is 1. The molecule has 1 amide bonds. The van der Waals surface area contributed by atoms with Gasteiger partial charge in [-0.15, -0.1) is 0 Å². The first-order valence-corrected chi connectivity index (χ1v) is 5.50. The van der Waals surface area contributed by atoms with Crippen LogP contribution in [-0.2, 0) is 0 Å². The molecule has 4 heteroatoms. The standard InChI is InChI=1S/C12H15FN2O/c13-10-5-4-9(6-11(10)14)12(16)15-7-8-2-1-3-8/h4-6,8H,1-3,7,14H2,(H,15,16). The molecule has 0 aliphatic heterocycles. The molecule has 0 spiro atoms. The Morgan fingerprint density at radius 2 is 2.25 bits per heavy atom. The van der Waals surface area contributed by atoms with Crippen molar-refractivity contribution in [2.75, 3.05) is 12.3 Å². The van der Waals surface area contributed by atoms with Crippen molar-refractivity contribution in [3.05, 3.63) is 29.6 Å². The predicted octanol–water partition coefficient (Wildman–Crippen LogP) is 1.94. The van der Waals surface area contributed by atoms with Crippen LogP contribution in [0.5, 0.6) is 0 Å². The zero-order valence-corrected chi connectivity index (χ0v) is 9.00. The minimum absolute atomic E-state index is 0.0105. The van der Waals surface area contributed by atoms with E-state index < -0.39 is 5.82 Å². The van der Waals surface area contributed by atoms with Gasteiger partial charge in [0.2, 0.25) is 0 Å². The smallest absolute Gasteiger partial charge is 0.251 e. The van der Waals surface area contributed by atoms with Crippen LogP contribution in [-0.4, -0.2) is 12.5 Å². The molecule has 2 rings (SSSR count). The zero-order chi connectivity index (χ0) is 11.5. The van der Waals surface area contributed by atoms with Crippen LogP contribution in [0.2, 0.25) is 0 Å². The van der Waals surface area contributed by atoms with Gasteiger partial charge in [-0.1, -0.05) is 6.42 Å². The molecule has 0 radical (unpaired) electrons. The van der Waals surface area contributed by atoms with E-state index in [4.69, 9.17) is 5.73 Å². The van der Waals surface area contributed by atoms with E-state index in [9.17, 15) is 9.18 Å². The molecule has 1 fully saturated rings. The number of rotatable bonds is 3. The third-order valence-corrected chi connectivity index (χ3v) is 3.03. The number of hydrogen-bond donors (Lipinski definition) is 2. The second-order valence-corrected chi connectivity index (χ2v) is 4.24. The minimum Gasteiger partial charge on any atom is -0.396 e. The first-order chi connectivity index (χ1) is 7.66. The topological polar surface area (TPSA) is 55.1 Å². The Labute approximate surface area is 93.8 Å². The SMILES string of the molecule is Nc1cc(C(=O)NCC2CCC2)ccc1F. The second kappa shape index (κ2) is 4.51. The summed E-state index contributed by atoms with van der Waals surface area (Å²) >= 11 is 0. The van der Waals surface area contributed by atoms with Crippen LogP contribution >= 0.6 is 0 Å². The van der Waals surface area contributed by atoms with E-state index >= 15 is 0 Å². The van der Waals surface area contributed by atoms with E-state index in [1.807, 2.05) is 0 Å². The lowest BCUT2D eigenvalue weighted by Crippen LogP contribution is -2.32. The number of benzene rings is 1. The lowest BCUT2D eigenvalue weighted by molar-refractivity contribution is 0.0939. The van der Waals surface area contributed by atoms with Crippen LogP contribution in [0, 0.1) is 11.7 Å². The fourth-order valence-corrected chi connectivity index (χ4v) is 1.72. The van der Waals surface area contributed by atoms with Gasteiger partial charge in [0.05, 0.1) is 5.69 Å². The van der Waals surface area contributed by atoms with Gasteiger partial charge in [0, 0.05) is 12.1 Å². The number of carbonyl (C=O) groups excluding carboxylic acids is 1. The number of nitrogens with one attached hydrogen (secondary N) is 1. The summed E-state index contributed by atoms with van der Waals surface area (Å²) in [7, 11) is 0. The van der Waals surface area contributed by atoms with Gasteiger partial charge in [-0.05, 0) is 37.0 Å². The fraction of sp³-hybridized carbons (Fsp3) is 0.417. The third kappa shape index (κ3) is 2.32. The summed E-state index contributed by atoms with van der Waals surface area (Å²) in [6.45, 7) is 0.704. The molecule has 0 bridgehead atoms. The Hall–Kier alpha value is -1.58. The molecule has 0 atom stereocenters. The maximum absolute atomic E-state index is 12.9. The van der Waals surface area contributed by atoms with E-state index in [0.717, 1.165) is 0 Å². The summed E-state index contributed by atoms with van der Waals surface area (Å²) in [5.41, 5.74) is 5.82. The van der Waals surface area contributed by atoms with Crippen LogP contribution in [0.1, 0.15) is 29.6 Å². The van der Waals surface area contributed by atoms with Crippen LogP contribution in [0.15, 0.2) is 18.2 Å². The van der Waals surface area contributed by atoms with Crippen LogP contribution < -0.4 is 11.1 Å². The molecular weight excluding hydrogens is 207 g/mol. The number of amides is 1. The number of carbonyl (C=O) groups is 1. The fourth-order valence-electron chi connectivity index (χ4n) is 1.72. The summed E-state index contributed by atoms with van der Waals surface area (Å²) < 4.78 is 12.9. The molecule has 1 aliphatic carbocycles. The highest BCUT2D eigenvalue weighted by molar-refractivity contribution is 5.95. The molecule has 0 unspecified atom stereocenters. The lowest BCUT2D eigenvalue weighted by Gasteiger charge is -2.25. The Morgan fingerprint density at radius 3 is 2.81 bits per heavy atom. The van der Waals surface area contributed by atoms with Crippen molar-refractivity contribution in [3.8, 4) is 0 Å². The molecule has 0 aromatic heterocycles. The monoisotopic (exact) mass is 222 g/mol. The molecule has 1 aliphatic rings. The number of anilines is 1. The van der Waals surface area contributed by atoms with Gasteiger partial charge in [-0.3, -0.25) is 4.79 Å². The van der Waals surface area contributed by atoms with Gasteiger partial charge in [0.15, 0.2) is 0 Å². The first-order valence-electron chi connectivity index (χ1n) is 5.50. The van der Waals surface area contributed by atoms with Gasteiger partial charge in [0.1, 0.15) is 5.82 Å². The summed E-state index contributed by atoms with van der Waals surface area (Å²) in [5, 5.41) is 2.83. The number of halogens is 1. The molecule has 1 aromatic rings. The average Bonchev–Trinajstić information content (AvgIpc) is 2.19. The molecule has 3 nitrogen and oxygen atoms in total. The van der Waals surface area contributed by atoms with Crippen LogP contribution in [0.3, 0.4) is 0 Å². The zero-order valence-electron chi connectivity index (χ0n) is 9.00. The summed E-state index contributed by atoms with van der Waals surface area (Å²) in [6, 6.07) is 4.03. The van der Waals surface area contributed by atoms with E-state index in [0.29, 0.717) is 18.0 Å². The Bertz CT molecular complexity index is 402. The first kappa shape index (κ1) is 10.9. The molecule has 1 saturated carbocycles. The van der Waals surface area contributed by atoms with Crippen molar-refractivity contribution < 1.29 is 9.18 Å². The van der Waals surface area contributed by atoms with Gasteiger partial charge in [0.25, 0.3) is 5.91 Å². The van der Waals surface area contributed by atoms with Crippen molar-refractivity contribution in [2.24, 2.45) is 5.92 Å². The molecule has 16 heavy (non-hydrogen) atoms. The van der Waals surface area contributed by atoms with Crippen molar-refractivity contribution in [2.45, 2.75) is 19.3 Å². The number of nitrogen functional groups attached to an aromatic ring is 1. The predicted molar refractivity (Wildman–Crippen MR) is 60.5 cm³/mol. The maximum Gasteiger partial charge on any atom is 0.251 e. The Balaban J connectivity index is 1.94. The molecular formula is C12H15FN2O. The highest BCUT2D eigenvalue weighted by Crippen LogP contribution is 2.25. The maximum atomic E-state index is 12.9. The van der Waals surface area contributed by atoms with Crippen molar-refractivity contribution in [3.63, 3.8) is 0 Å². The van der Waals surface area contributed by atoms with E-state index in [1.54, 1.807) is 0 Å². The highest BCUT2D eigenvalue weighted by atomic mass is 19.1. The van der Waals surface area contributed by atoms with Crippen LogP contribution in [0.4, 0.5) is 10.1 Å². The Morgan fingerprint density at radius 1 is 1.50 bits per heavy atom. The van der Waals surface area contributed by atoms with Gasteiger partial charge in [-0.2, -0.15) is 0 Å². The van der Waals surface area contributed by atoms with Crippen LogP contribution in [0.25, 0.3) is 0 Å². The van der Waals surface area contributed by atoms with Gasteiger partial charge in [-0.25, -0.2) is 4.39 Å². The van der Waals surface area contributed by atoms with Gasteiger partial charge >= 0.3 is 0 Å². The third-order valence-electron chi connectivity index (χ3n) is 3.03. The summed E-state index contributed by atoms with van der Waals surface area (Å²) in [6.07, 6.45) is 3.63. The Kier molecular flexibility index (Phi) is 3.08. The van der Waals surface area contributed by atoms with Crippen molar-refractivity contribution in [1.29, 1.82) is 0 Å².